The number of amides is 1. The van der Waals surface area contributed by atoms with E-state index >= 15 is 0 Å². The van der Waals surface area contributed by atoms with E-state index in [0.29, 0.717) is 12.1 Å². The van der Waals surface area contributed by atoms with Crippen molar-refractivity contribution in [2.24, 2.45) is 12.0 Å². The molecular weight excluding hydrogens is 545 g/mol. The number of rotatable bonds is 7. The van der Waals surface area contributed by atoms with Gasteiger partial charge in [0.2, 0.25) is 0 Å². The highest BCUT2D eigenvalue weighted by Crippen LogP contribution is 2.15. The Labute approximate surface area is 199 Å². The molecule has 1 atom stereocenters. The fourth-order valence-electron chi connectivity index (χ4n) is 2.79. The number of guanidine groups is 1. The van der Waals surface area contributed by atoms with E-state index in [4.69, 9.17) is 0 Å². The molecule has 0 saturated heterocycles. The summed E-state index contributed by atoms with van der Waals surface area (Å²) in [7, 11) is 5.82. The summed E-state index contributed by atoms with van der Waals surface area (Å²) < 4.78 is 3.16. The average molecular weight is 576 g/mol. The highest BCUT2D eigenvalue weighted by atomic mass is 127. The Hall–Kier alpha value is -1.55. The molecule has 1 unspecified atom stereocenters. The van der Waals surface area contributed by atoms with Crippen molar-refractivity contribution in [3.63, 3.8) is 0 Å². The summed E-state index contributed by atoms with van der Waals surface area (Å²) >= 11 is 3.51. The van der Waals surface area contributed by atoms with Crippen LogP contribution in [0.1, 0.15) is 41.9 Å². The van der Waals surface area contributed by atoms with Gasteiger partial charge in [0.25, 0.3) is 5.91 Å². The van der Waals surface area contributed by atoms with E-state index in [-0.39, 0.29) is 35.9 Å². The van der Waals surface area contributed by atoms with Crippen LogP contribution >= 0.6 is 39.9 Å². The van der Waals surface area contributed by atoms with Crippen molar-refractivity contribution in [3.05, 3.63) is 57.8 Å². The van der Waals surface area contributed by atoms with Crippen LogP contribution in [-0.2, 0) is 20.1 Å². The van der Waals surface area contributed by atoms with Crippen LogP contribution in [0.3, 0.4) is 0 Å². The predicted octanol–water partition coefficient (Wildman–Crippen LogP) is 4.14. The summed E-state index contributed by atoms with van der Waals surface area (Å²) in [5.74, 6) is 0.786. The molecule has 0 saturated carbocycles. The van der Waals surface area contributed by atoms with Gasteiger partial charge in [-0.2, -0.15) is 0 Å². The molecule has 1 amide bonds. The van der Waals surface area contributed by atoms with Gasteiger partial charge in [-0.25, -0.2) is 0 Å². The normalized spacial score (nSPS) is 12.1. The molecule has 0 bridgehead atoms. The minimum atomic E-state index is -0.0295. The number of hydrogen-bond donors (Lipinski definition) is 2. The van der Waals surface area contributed by atoms with Crippen molar-refractivity contribution in [3.8, 4) is 0 Å². The third-order valence-corrected chi connectivity index (χ3v) is 5.14. The lowest BCUT2D eigenvalue weighted by Gasteiger charge is -2.22. The zero-order valence-corrected chi connectivity index (χ0v) is 21.6. The molecular formula is C21H31BrIN5O. The van der Waals surface area contributed by atoms with Crippen molar-refractivity contribution in [1.82, 2.24) is 20.1 Å². The molecule has 1 aromatic heterocycles. The van der Waals surface area contributed by atoms with Crippen LogP contribution in [0.25, 0.3) is 0 Å². The number of hydrogen-bond acceptors (Lipinski definition) is 2. The summed E-state index contributed by atoms with van der Waals surface area (Å²) in [6.45, 7) is 5.45. The summed E-state index contributed by atoms with van der Waals surface area (Å²) in [4.78, 5) is 18.6. The molecule has 1 aromatic carbocycles. The molecule has 2 rings (SSSR count). The fourth-order valence-corrected chi connectivity index (χ4v) is 3.36. The number of aromatic nitrogens is 1. The largest absolute Gasteiger partial charge is 0.352 e. The Balaban J connectivity index is 0.00000420. The number of nitrogens with one attached hydrogen (secondary N) is 2. The maximum absolute atomic E-state index is 12.2. The summed E-state index contributed by atoms with van der Waals surface area (Å²) in [5.41, 5.74) is 2.96. The van der Waals surface area contributed by atoms with Crippen LogP contribution in [0.2, 0.25) is 0 Å². The summed E-state index contributed by atoms with van der Waals surface area (Å²) in [5, 5.41) is 6.36. The first-order valence-corrected chi connectivity index (χ1v) is 10.3. The molecule has 160 valence electrons. The Morgan fingerprint density at radius 1 is 1.31 bits per heavy atom. The molecule has 0 radical (unpaired) electrons. The topological polar surface area (TPSA) is 61.7 Å². The standard InChI is InChI=1S/C21H30BrN5O.HI/c1-6-15(2)25-20(28)17-9-7-16(8-10-17)12-24-21(23-3)27(5)14-19-11-18(22)13-26(19)4;/h7-11,13,15H,6,12,14H2,1-5H3,(H,23,24)(H,25,28);1H. The van der Waals surface area contributed by atoms with E-state index in [0.717, 1.165) is 29.0 Å². The first-order chi connectivity index (χ1) is 13.3. The summed E-state index contributed by atoms with van der Waals surface area (Å²) in [6, 6.07) is 9.95. The predicted molar refractivity (Wildman–Crippen MR) is 134 cm³/mol. The Morgan fingerprint density at radius 3 is 2.48 bits per heavy atom. The summed E-state index contributed by atoms with van der Waals surface area (Å²) in [6.07, 6.45) is 2.96. The van der Waals surface area contributed by atoms with Gasteiger partial charge in [-0.15, -0.1) is 24.0 Å². The molecule has 29 heavy (non-hydrogen) atoms. The van der Waals surface area contributed by atoms with Crippen molar-refractivity contribution in [1.29, 1.82) is 0 Å². The number of carbonyl (C=O) groups is 1. The molecule has 0 fully saturated rings. The first kappa shape index (κ1) is 25.5. The van der Waals surface area contributed by atoms with Crippen molar-refractivity contribution >= 4 is 51.8 Å². The number of aryl methyl sites for hydroxylation is 1. The number of halogens is 2. The molecule has 8 heteroatoms. The van der Waals surface area contributed by atoms with E-state index in [2.05, 4.69) is 54.0 Å². The Kier molecular flexibility index (Phi) is 10.7. The van der Waals surface area contributed by atoms with E-state index in [9.17, 15) is 4.79 Å². The molecule has 1 heterocycles. The van der Waals surface area contributed by atoms with E-state index in [1.54, 1.807) is 7.05 Å². The minimum Gasteiger partial charge on any atom is -0.352 e. The molecule has 6 nitrogen and oxygen atoms in total. The fraction of sp³-hybridized carbons (Fsp3) is 0.429. The number of carbonyl (C=O) groups excluding carboxylic acids is 1. The second-order valence-corrected chi connectivity index (χ2v) is 7.91. The van der Waals surface area contributed by atoms with Gasteiger partial charge >= 0.3 is 0 Å². The third-order valence-electron chi connectivity index (χ3n) is 4.70. The van der Waals surface area contributed by atoms with Gasteiger partial charge in [0.15, 0.2) is 5.96 Å². The highest BCUT2D eigenvalue weighted by Gasteiger charge is 2.11. The van der Waals surface area contributed by atoms with Gasteiger partial charge in [0.1, 0.15) is 0 Å². The quantitative estimate of drug-likeness (QED) is 0.296. The maximum Gasteiger partial charge on any atom is 0.251 e. The van der Waals surface area contributed by atoms with Crippen LogP contribution in [0, 0.1) is 0 Å². The van der Waals surface area contributed by atoms with Gasteiger partial charge in [-0.3, -0.25) is 9.79 Å². The monoisotopic (exact) mass is 575 g/mol. The van der Waals surface area contributed by atoms with Crippen molar-refractivity contribution in [2.75, 3.05) is 14.1 Å². The Bertz CT molecular complexity index is 819. The molecule has 0 aliphatic heterocycles. The molecule has 0 aliphatic rings. The van der Waals surface area contributed by atoms with Crippen LogP contribution in [0.4, 0.5) is 0 Å². The smallest absolute Gasteiger partial charge is 0.251 e. The van der Waals surface area contributed by atoms with E-state index in [1.807, 2.05) is 51.5 Å². The number of aliphatic imine (C=N–C) groups is 1. The van der Waals surface area contributed by atoms with E-state index in [1.165, 1.54) is 5.69 Å². The number of nitrogens with zero attached hydrogens (tertiary/aromatic N) is 3. The molecule has 2 aromatic rings. The molecule has 2 N–H and O–H groups in total. The van der Waals surface area contributed by atoms with Gasteiger partial charge < -0.3 is 20.1 Å². The van der Waals surface area contributed by atoms with E-state index < -0.39 is 0 Å². The number of benzene rings is 1. The first-order valence-electron chi connectivity index (χ1n) is 9.46. The second-order valence-electron chi connectivity index (χ2n) is 7.00. The highest BCUT2D eigenvalue weighted by molar-refractivity contribution is 14.0. The average Bonchev–Trinajstić information content (AvgIpc) is 2.99. The van der Waals surface area contributed by atoms with Gasteiger partial charge in [-0.05, 0) is 53.0 Å². The lowest BCUT2D eigenvalue weighted by molar-refractivity contribution is 0.0939. The van der Waals surface area contributed by atoms with Crippen molar-refractivity contribution < 1.29 is 4.79 Å². The maximum atomic E-state index is 12.2. The van der Waals surface area contributed by atoms with Gasteiger partial charge in [0.05, 0.1) is 6.54 Å². The lowest BCUT2D eigenvalue weighted by atomic mass is 10.1. The SMILES string of the molecule is CCC(C)NC(=O)c1ccc(CNC(=NC)N(C)Cc2cc(Br)cn2C)cc1.I. The third kappa shape index (κ3) is 7.65. The van der Waals surface area contributed by atoms with Crippen LogP contribution in [0.5, 0.6) is 0 Å². The van der Waals surface area contributed by atoms with Crippen LogP contribution in [0.15, 0.2) is 46.0 Å². The molecule has 0 aliphatic carbocycles. The minimum absolute atomic E-state index is 0. The van der Waals surface area contributed by atoms with Gasteiger partial charge in [-0.1, -0.05) is 19.1 Å². The Morgan fingerprint density at radius 2 is 1.97 bits per heavy atom. The second kappa shape index (κ2) is 12.2. The van der Waals surface area contributed by atoms with Crippen LogP contribution in [-0.4, -0.2) is 41.5 Å². The molecule has 0 spiro atoms. The zero-order valence-electron chi connectivity index (χ0n) is 17.7. The van der Waals surface area contributed by atoms with Crippen molar-refractivity contribution in [2.45, 2.75) is 39.4 Å². The van der Waals surface area contributed by atoms with Gasteiger partial charge in [0, 0.05) is 55.7 Å². The lowest BCUT2D eigenvalue weighted by Crippen LogP contribution is -2.38. The van der Waals surface area contributed by atoms with Crippen LogP contribution < -0.4 is 10.6 Å². The zero-order chi connectivity index (χ0) is 20.7.